The first-order valence-corrected chi connectivity index (χ1v) is 5.31. The standard InChI is InChI=1S/C10H15F3N2O2/c1-2-15-7-9(6-14-15)17-5-3-4-16-8-10(11,12)13/h6-7H,2-5,8H2,1H3. The summed E-state index contributed by atoms with van der Waals surface area (Å²) in [5.41, 5.74) is 0. The molecule has 7 heteroatoms. The molecule has 0 radical (unpaired) electrons. The number of hydrogen-bond donors (Lipinski definition) is 0. The molecule has 0 fully saturated rings. The fraction of sp³-hybridized carbons (Fsp3) is 0.700. The highest BCUT2D eigenvalue weighted by atomic mass is 19.4. The summed E-state index contributed by atoms with van der Waals surface area (Å²) in [5.74, 6) is 0.614. The molecule has 1 aromatic rings. The summed E-state index contributed by atoms with van der Waals surface area (Å²) in [6, 6.07) is 0. The van der Waals surface area contributed by atoms with Crippen LogP contribution in [0.2, 0.25) is 0 Å². The van der Waals surface area contributed by atoms with Gasteiger partial charge in [-0.2, -0.15) is 18.3 Å². The minimum Gasteiger partial charge on any atom is -0.490 e. The summed E-state index contributed by atoms with van der Waals surface area (Å²) in [7, 11) is 0. The lowest BCUT2D eigenvalue weighted by Crippen LogP contribution is -2.18. The normalized spacial score (nSPS) is 11.8. The van der Waals surface area contributed by atoms with Crippen molar-refractivity contribution >= 4 is 0 Å². The maximum atomic E-state index is 11.7. The zero-order valence-corrected chi connectivity index (χ0v) is 9.54. The van der Waals surface area contributed by atoms with E-state index < -0.39 is 12.8 Å². The Bertz CT molecular complexity index is 326. The van der Waals surface area contributed by atoms with E-state index in [4.69, 9.17) is 4.74 Å². The second-order valence-corrected chi connectivity index (χ2v) is 3.40. The summed E-state index contributed by atoms with van der Waals surface area (Å²) in [6.07, 6.45) is -0.548. The highest BCUT2D eigenvalue weighted by molar-refractivity contribution is 5.11. The van der Waals surface area contributed by atoms with Gasteiger partial charge < -0.3 is 9.47 Å². The van der Waals surface area contributed by atoms with E-state index >= 15 is 0 Å². The first-order valence-electron chi connectivity index (χ1n) is 5.31. The lowest BCUT2D eigenvalue weighted by Gasteiger charge is -2.07. The largest absolute Gasteiger partial charge is 0.490 e. The smallest absolute Gasteiger partial charge is 0.411 e. The highest BCUT2D eigenvalue weighted by Crippen LogP contribution is 2.14. The van der Waals surface area contributed by atoms with Crippen LogP contribution < -0.4 is 4.74 Å². The van der Waals surface area contributed by atoms with Crippen LogP contribution in [0.4, 0.5) is 13.2 Å². The molecule has 4 nitrogen and oxygen atoms in total. The molecule has 1 rings (SSSR count). The number of hydrogen-bond acceptors (Lipinski definition) is 3. The van der Waals surface area contributed by atoms with Crippen molar-refractivity contribution in [1.82, 2.24) is 9.78 Å². The van der Waals surface area contributed by atoms with E-state index in [0.717, 1.165) is 6.54 Å². The molecule has 0 bridgehead atoms. The molecule has 0 atom stereocenters. The summed E-state index contributed by atoms with van der Waals surface area (Å²) >= 11 is 0. The Kier molecular flexibility index (Phi) is 5.27. The van der Waals surface area contributed by atoms with Crippen molar-refractivity contribution in [1.29, 1.82) is 0 Å². The van der Waals surface area contributed by atoms with Gasteiger partial charge in [-0.05, 0) is 6.92 Å². The van der Waals surface area contributed by atoms with Crippen LogP contribution in [0.25, 0.3) is 0 Å². The van der Waals surface area contributed by atoms with Gasteiger partial charge in [-0.25, -0.2) is 0 Å². The molecule has 98 valence electrons. The van der Waals surface area contributed by atoms with Crippen molar-refractivity contribution in [3.63, 3.8) is 0 Å². The average molecular weight is 252 g/mol. The van der Waals surface area contributed by atoms with E-state index in [1.807, 2.05) is 6.92 Å². The monoisotopic (exact) mass is 252 g/mol. The Balaban J connectivity index is 2.04. The Hall–Kier alpha value is -1.24. The van der Waals surface area contributed by atoms with Gasteiger partial charge in [-0.1, -0.05) is 0 Å². The van der Waals surface area contributed by atoms with Crippen LogP contribution >= 0.6 is 0 Å². The lowest BCUT2D eigenvalue weighted by molar-refractivity contribution is -0.174. The van der Waals surface area contributed by atoms with E-state index in [2.05, 4.69) is 9.84 Å². The summed E-state index contributed by atoms with van der Waals surface area (Å²) in [6.45, 7) is 1.83. The lowest BCUT2D eigenvalue weighted by atomic mass is 10.5. The molecule has 1 heterocycles. The predicted octanol–water partition coefficient (Wildman–Crippen LogP) is 2.25. The minimum atomic E-state index is -4.26. The SMILES string of the molecule is CCn1cc(OCCCOCC(F)(F)F)cn1. The van der Waals surface area contributed by atoms with Gasteiger partial charge in [0.25, 0.3) is 0 Å². The van der Waals surface area contributed by atoms with Crippen LogP contribution in [0.5, 0.6) is 5.75 Å². The molecule has 0 aliphatic carbocycles. The van der Waals surface area contributed by atoms with Crippen molar-refractivity contribution in [2.24, 2.45) is 0 Å². The van der Waals surface area contributed by atoms with E-state index in [9.17, 15) is 13.2 Å². The van der Waals surface area contributed by atoms with Gasteiger partial charge in [0.05, 0.1) is 25.6 Å². The van der Waals surface area contributed by atoms with E-state index in [-0.39, 0.29) is 6.61 Å². The van der Waals surface area contributed by atoms with Crippen molar-refractivity contribution < 1.29 is 22.6 Å². The average Bonchev–Trinajstić information content (AvgIpc) is 2.69. The Morgan fingerprint density at radius 2 is 2.12 bits per heavy atom. The molecular formula is C10H15F3N2O2. The quantitative estimate of drug-likeness (QED) is 0.698. The molecular weight excluding hydrogens is 237 g/mol. The number of alkyl halides is 3. The third-order valence-corrected chi connectivity index (χ3v) is 1.90. The molecule has 17 heavy (non-hydrogen) atoms. The van der Waals surface area contributed by atoms with Crippen LogP contribution in [-0.2, 0) is 11.3 Å². The van der Waals surface area contributed by atoms with Gasteiger partial charge >= 0.3 is 6.18 Å². The molecule has 0 aromatic carbocycles. The van der Waals surface area contributed by atoms with Gasteiger partial charge in [0.1, 0.15) is 6.61 Å². The molecule has 0 saturated heterocycles. The number of halogens is 3. The zero-order valence-electron chi connectivity index (χ0n) is 9.54. The molecule has 0 N–H and O–H groups in total. The molecule has 0 spiro atoms. The van der Waals surface area contributed by atoms with E-state index in [1.165, 1.54) is 0 Å². The second-order valence-electron chi connectivity index (χ2n) is 3.40. The van der Waals surface area contributed by atoms with Gasteiger partial charge in [-0.3, -0.25) is 4.68 Å². The van der Waals surface area contributed by atoms with Crippen LogP contribution in [0, 0.1) is 0 Å². The maximum Gasteiger partial charge on any atom is 0.411 e. The highest BCUT2D eigenvalue weighted by Gasteiger charge is 2.27. The third kappa shape index (κ3) is 6.15. The molecule has 0 unspecified atom stereocenters. The topological polar surface area (TPSA) is 36.3 Å². The first-order chi connectivity index (χ1) is 8.01. The summed E-state index contributed by atoms with van der Waals surface area (Å²) in [4.78, 5) is 0. The second kappa shape index (κ2) is 6.48. The van der Waals surface area contributed by atoms with Crippen molar-refractivity contribution in [3.05, 3.63) is 12.4 Å². The number of ether oxygens (including phenoxy) is 2. The van der Waals surface area contributed by atoms with Crippen LogP contribution in [0.1, 0.15) is 13.3 Å². The number of nitrogens with zero attached hydrogens (tertiary/aromatic N) is 2. The van der Waals surface area contributed by atoms with E-state index in [0.29, 0.717) is 18.8 Å². The van der Waals surface area contributed by atoms with Gasteiger partial charge in [0.2, 0.25) is 0 Å². The fourth-order valence-electron chi connectivity index (χ4n) is 1.13. The Morgan fingerprint density at radius 1 is 1.35 bits per heavy atom. The molecule has 1 aromatic heterocycles. The first kappa shape index (κ1) is 13.8. The number of aryl methyl sites for hydroxylation is 1. The molecule has 0 aliphatic heterocycles. The van der Waals surface area contributed by atoms with Crippen LogP contribution in [0.3, 0.4) is 0 Å². The van der Waals surface area contributed by atoms with Crippen LogP contribution in [0.15, 0.2) is 12.4 Å². The van der Waals surface area contributed by atoms with Gasteiger partial charge in [-0.15, -0.1) is 0 Å². The Labute approximate surface area is 97.3 Å². The third-order valence-electron chi connectivity index (χ3n) is 1.90. The molecule has 0 saturated carbocycles. The fourth-order valence-corrected chi connectivity index (χ4v) is 1.13. The number of aromatic nitrogens is 2. The number of rotatable bonds is 7. The predicted molar refractivity (Wildman–Crippen MR) is 54.9 cm³/mol. The zero-order chi connectivity index (χ0) is 12.7. The molecule has 0 amide bonds. The summed E-state index contributed by atoms with van der Waals surface area (Å²) in [5, 5.41) is 3.99. The van der Waals surface area contributed by atoms with E-state index in [1.54, 1.807) is 17.1 Å². The minimum absolute atomic E-state index is 0.0292. The van der Waals surface area contributed by atoms with Crippen molar-refractivity contribution in [2.75, 3.05) is 19.8 Å². The van der Waals surface area contributed by atoms with Crippen LogP contribution in [-0.4, -0.2) is 35.8 Å². The summed E-state index contributed by atoms with van der Waals surface area (Å²) < 4.78 is 46.5. The molecule has 0 aliphatic rings. The van der Waals surface area contributed by atoms with Gasteiger partial charge in [0.15, 0.2) is 5.75 Å². The van der Waals surface area contributed by atoms with Crippen molar-refractivity contribution in [3.8, 4) is 5.75 Å². The maximum absolute atomic E-state index is 11.7. The van der Waals surface area contributed by atoms with Crippen molar-refractivity contribution in [2.45, 2.75) is 26.1 Å². The Morgan fingerprint density at radius 3 is 2.71 bits per heavy atom. The van der Waals surface area contributed by atoms with Gasteiger partial charge in [0, 0.05) is 13.0 Å².